The second-order valence-electron chi connectivity index (χ2n) is 6.23. The summed E-state index contributed by atoms with van der Waals surface area (Å²) in [6, 6.07) is 8.18. The van der Waals surface area contributed by atoms with Gasteiger partial charge in [-0.1, -0.05) is 37.1 Å². The van der Waals surface area contributed by atoms with Crippen molar-refractivity contribution in [1.82, 2.24) is 4.90 Å². The molecule has 1 aromatic rings. The second kappa shape index (κ2) is 5.57. The number of carbonyl (C=O) groups is 1. The van der Waals surface area contributed by atoms with Gasteiger partial charge in [-0.05, 0) is 49.9 Å². The molecule has 3 rings (SSSR count). The Morgan fingerprint density at radius 2 is 1.80 bits per heavy atom. The summed E-state index contributed by atoms with van der Waals surface area (Å²) in [6.07, 6.45) is 6.48. The normalized spacial score (nSPS) is 22.2. The Kier molecular flexibility index (Phi) is 3.79. The second-order valence-corrected chi connectivity index (χ2v) is 6.23. The van der Waals surface area contributed by atoms with Crippen molar-refractivity contribution in [2.45, 2.75) is 50.5 Å². The van der Waals surface area contributed by atoms with Crippen LogP contribution in [-0.4, -0.2) is 29.1 Å². The zero-order chi connectivity index (χ0) is 14.0. The van der Waals surface area contributed by atoms with E-state index in [4.69, 9.17) is 0 Å². The Bertz CT molecular complexity index is 488. The van der Waals surface area contributed by atoms with Gasteiger partial charge >= 0.3 is 5.97 Å². The fourth-order valence-electron chi connectivity index (χ4n) is 3.61. The molecule has 3 nitrogen and oxygen atoms in total. The Morgan fingerprint density at radius 1 is 1.10 bits per heavy atom. The average molecular weight is 273 g/mol. The Labute approximate surface area is 120 Å². The highest BCUT2D eigenvalue weighted by molar-refractivity contribution is 5.83. The number of likely N-dealkylation sites (tertiary alicyclic amines) is 1. The average Bonchev–Trinajstić information content (AvgIpc) is 2.40. The van der Waals surface area contributed by atoms with Gasteiger partial charge in [0.15, 0.2) is 0 Å². The molecule has 0 unspecified atom stereocenters. The van der Waals surface area contributed by atoms with E-state index in [-0.39, 0.29) is 0 Å². The van der Waals surface area contributed by atoms with Gasteiger partial charge in [0.2, 0.25) is 0 Å². The molecule has 1 aliphatic carbocycles. The molecule has 0 atom stereocenters. The summed E-state index contributed by atoms with van der Waals surface area (Å²) in [5.74, 6) is -0.644. The van der Waals surface area contributed by atoms with E-state index in [0.29, 0.717) is 0 Å². The van der Waals surface area contributed by atoms with Crippen molar-refractivity contribution in [3.63, 3.8) is 0 Å². The number of piperidine rings is 1. The maximum absolute atomic E-state index is 11.7. The van der Waals surface area contributed by atoms with Crippen molar-refractivity contribution < 1.29 is 9.90 Å². The quantitative estimate of drug-likeness (QED) is 0.916. The van der Waals surface area contributed by atoms with Crippen LogP contribution >= 0.6 is 0 Å². The largest absolute Gasteiger partial charge is 0.481 e. The highest BCUT2D eigenvalue weighted by Gasteiger charge is 2.46. The maximum Gasteiger partial charge on any atom is 0.314 e. The minimum absolute atomic E-state index is 0.605. The number of hydrogen-bond donors (Lipinski definition) is 1. The van der Waals surface area contributed by atoms with Gasteiger partial charge in [0.05, 0.1) is 5.41 Å². The number of nitrogens with zero attached hydrogens (tertiary/aromatic N) is 1. The standard InChI is InChI=1S/C17H23NO2/c19-16(20)17(9-6-10-17)15-8-3-2-7-14(15)13-18-11-4-1-5-12-18/h2-3,7-8H,1,4-6,9-13H2,(H,19,20). The number of aliphatic carboxylic acids is 1. The smallest absolute Gasteiger partial charge is 0.314 e. The van der Waals surface area contributed by atoms with Crippen LogP contribution in [0.25, 0.3) is 0 Å². The molecule has 1 aliphatic heterocycles. The summed E-state index contributed by atoms with van der Waals surface area (Å²) in [5, 5.41) is 9.65. The van der Waals surface area contributed by atoms with E-state index in [1.807, 2.05) is 18.2 Å². The predicted molar refractivity (Wildman–Crippen MR) is 78.7 cm³/mol. The molecule has 3 heteroatoms. The Hall–Kier alpha value is -1.35. The molecule has 1 heterocycles. The van der Waals surface area contributed by atoms with Crippen LogP contribution in [0.15, 0.2) is 24.3 Å². The lowest BCUT2D eigenvalue weighted by Crippen LogP contribution is -2.43. The highest BCUT2D eigenvalue weighted by atomic mass is 16.4. The first-order chi connectivity index (χ1) is 9.72. The van der Waals surface area contributed by atoms with E-state index in [1.165, 1.54) is 24.8 Å². The van der Waals surface area contributed by atoms with E-state index in [0.717, 1.165) is 44.5 Å². The van der Waals surface area contributed by atoms with E-state index >= 15 is 0 Å². The van der Waals surface area contributed by atoms with E-state index in [2.05, 4.69) is 11.0 Å². The Morgan fingerprint density at radius 3 is 2.40 bits per heavy atom. The third-order valence-electron chi connectivity index (χ3n) is 4.99. The number of benzene rings is 1. The van der Waals surface area contributed by atoms with Crippen LogP contribution in [0, 0.1) is 0 Å². The molecular formula is C17H23NO2. The third kappa shape index (κ3) is 2.35. The molecule has 2 fully saturated rings. The van der Waals surface area contributed by atoms with Crippen LogP contribution < -0.4 is 0 Å². The van der Waals surface area contributed by atoms with Crippen molar-refractivity contribution in [3.05, 3.63) is 35.4 Å². The van der Waals surface area contributed by atoms with Crippen LogP contribution in [0.2, 0.25) is 0 Å². The molecule has 0 bridgehead atoms. The molecule has 1 aromatic carbocycles. The molecule has 1 saturated heterocycles. The van der Waals surface area contributed by atoms with Crippen molar-refractivity contribution in [2.75, 3.05) is 13.1 Å². The van der Waals surface area contributed by atoms with Gasteiger partial charge in [-0.25, -0.2) is 0 Å². The summed E-state index contributed by atoms with van der Waals surface area (Å²) in [5.41, 5.74) is 1.67. The topological polar surface area (TPSA) is 40.5 Å². The van der Waals surface area contributed by atoms with Crippen LogP contribution in [0.4, 0.5) is 0 Å². The van der Waals surface area contributed by atoms with E-state index in [1.54, 1.807) is 0 Å². The first-order valence-corrected chi connectivity index (χ1v) is 7.76. The molecule has 1 saturated carbocycles. The lowest BCUT2D eigenvalue weighted by molar-refractivity contribution is -0.147. The first-order valence-electron chi connectivity index (χ1n) is 7.76. The predicted octanol–water partition coefficient (Wildman–Crippen LogP) is 3.18. The number of hydrogen-bond acceptors (Lipinski definition) is 2. The summed E-state index contributed by atoms with van der Waals surface area (Å²) in [4.78, 5) is 14.2. The molecule has 0 amide bonds. The molecular weight excluding hydrogens is 250 g/mol. The molecule has 0 radical (unpaired) electrons. The number of rotatable bonds is 4. The molecule has 20 heavy (non-hydrogen) atoms. The van der Waals surface area contributed by atoms with Crippen LogP contribution in [0.1, 0.15) is 49.7 Å². The van der Waals surface area contributed by atoms with Gasteiger partial charge < -0.3 is 5.11 Å². The minimum atomic E-state index is -0.644. The SMILES string of the molecule is O=C(O)C1(c2ccccc2CN2CCCCC2)CCC1. The van der Waals surface area contributed by atoms with Gasteiger partial charge in [0, 0.05) is 6.54 Å². The minimum Gasteiger partial charge on any atom is -0.481 e. The van der Waals surface area contributed by atoms with Crippen LogP contribution in [-0.2, 0) is 16.8 Å². The van der Waals surface area contributed by atoms with Gasteiger partial charge in [-0.3, -0.25) is 9.69 Å². The fourth-order valence-corrected chi connectivity index (χ4v) is 3.61. The molecule has 2 aliphatic rings. The summed E-state index contributed by atoms with van der Waals surface area (Å²) < 4.78 is 0. The van der Waals surface area contributed by atoms with Crippen LogP contribution in [0.3, 0.4) is 0 Å². The first kappa shape index (κ1) is 13.6. The van der Waals surface area contributed by atoms with Gasteiger partial charge in [0.25, 0.3) is 0 Å². The third-order valence-corrected chi connectivity index (χ3v) is 4.99. The van der Waals surface area contributed by atoms with Gasteiger partial charge in [-0.15, -0.1) is 0 Å². The molecule has 0 aromatic heterocycles. The van der Waals surface area contributed by atoms with Crippen molar-refractivity contribution in [2.24, 2.45) is 0 Å². The highest BCUT2D eigenvalue weighted by Crippen LogP contribution is 2.45. The van der Waals surface area contributed by atoms with Crippen molar-refractivity contribution in [3.8, 4) is 0 Å². The van der Waals surface area contributed by atoms with Crippen molar-refractivity contribution in [1.29, 1.82) is 0 Å². The van der Waals surface area contributed by atoms with E-state index < -0.39 is 11.4 Å². The van der Waals surface area contributed by atoms with Gasteiger partial charge in [-0.2, -0.15) is 0 Å². The Balaban J connectivity index is 1.86. The number of carboxylic acids is 1. The number of carboxylic acid groups (broad SMARTS) is 1. The lowest BCUT2D eigenvalue weighted by Gasteiger charge is -2.40. The fraction of sp³-hybridized carbons (Fsp3) is 0.588. The van der Waals surface area contributed by atoms with Crippen LogP contribution in [0.5, 0.6) is 0 Å². The molecule has 0 spiro atoms. The molecule has 108 valence electrons. The zero-order valence-electron chi connectivity index (χ0n) is 12.0. The summed E-state index contributed by atoms with van der Waals surface area (Å²) >= 11 is 0. The molecule has 1 N–H and O–H groups in total. The maximum atomic E-state index is 11.7. The van der Waals surface area contributed by atoms with Gasteiger partial charge in [0.1, 0.15) is 0 Å². The summed E-state index contributed by atoms with van der Waals surface area (Å²) in [6.45, 7) is 3.20. The van der Waals surface area contributed by atoms with E-state index in [9.17, 15) is 9.90 Å². The monoisotopic (exact) mass is 273 g/mol. The lowest BCUT2D eigenvalue weighted by atomic mass is 9.63. The van der Waals surface area contributed by atoms with Crippen molar-refractivity contribution >= 4 is 5.97 Å². The summed E-state index contributed by atoms with van der Waals surface area (Å²) in [7, 11) is 0. The zero-order valence-corrected chi connectivity index (χ0v) is 12.0.